The minimum atomic E-state index is -0.610. The molecule has 1 N–H and O–H groups in total. The monoisotopic (exact) mass is 578 g/mol. The summed E-state index contributed by atoms with van der Waals surface area (Å²) < 4.78 is 5.51. The Morgan fingerprint density at radius 2 is 1.71 bits per heavy atom. The van der Waals surface area contributed by atoms with Crippen molar-refractivity contribution < 1.29 is 14.3 Å². The molecule has 0 aromatic heterocycles. The van der Waals surface area contributed by atoms with Crippen molar-refractivity contribution in [3.05, 3.63) is 23.9 Å². The number of hydrogen-bond acceptors (Lipinski definition) is 6. The number of aliphatic imine (C=N–C) groups is 1. The molecule has 1 heterocycles. The van der Waals surface area contributed by atoms with Gasteiger partial charge in [0, 0.05) is 29.7 Å². The quantitative estimate of drug-likeness (QED) is 0.387. The number of likely N-dealkylation sites (N-methyl/N-ethyl adjacent to an activating group) is 1. The zero-order valence-electron chi connectivity index (χ0n) is 26.4. The maximum atomic E-state index is 14.5. The lowest BCUT2D eigenvalue weighted by Crippen LogP contribution is -2.56. The van der Waals surface area contributed by atoms with E-state index in [1.54, 1.807) is 0 Å². The van der Waals surface area contributed by atoms with Gasteiger partial charge in [-0.3, -0.25) is 19.5 Å². The summed E-state index contributed by atoms with van der Waals surface area (Å²) in [4.78, 5) is 37.0. The molecule has 1 aliphatic heterocycles. The second-order valence-corrected chi connectivity index (χ2v) is 14.4. The Kier molecular flexibility index (Phi) is 9.26. The molecule has 7 nitrogen and oxygen atoms in total. The minimum Gasteiger partial charge on any atom is -0.465 e. The van der Waals surface area contributed by atoms with Gasteiger partial charge in [-0.15, -0.1) is 0 Å². The normalized spacial score (nSPS) is 37.5. The van der Waals surface area contributed by atoms with Gasteiger partial charge in [0.25, 0.3) is 5.91 Å². The average molecular weight is 579 g/mol. The van der Waals surface area contributed by atoms with Crippen LogP contribution in [0.5, 0.6) is 0 Å². The third kappa shape index (κ3) is 6.15. The zero-order chi connectivity index (χ0) is 29.3. The van der Waals surface area contributed by atoms with E-state index in [9.17, 15) is 9.59 Å². The number of rotatable bonds is 7. The number of carbonyl (C=O) groups excluding carboxylic acids is 2. The van der Waals surface area contributed by atoms with E-state index in [4.69, 9.17) is 9.73 Å². The molecule has 6 rings (SSSR count). The van der Waals surface area contributed by atoms with E-state index < -0.39 is 5.54 Å². The number of esters is 1. The van der Waals surface area contributed by atoms with E-state index in [1.165, 1.54) is 57.8 Å². The summed E-state index contributed by atoms with van der Waals surface area (Å²) in [5.41, 5.74) is 1.27. The summed E-state index contributed by atoms with van der Waals surface area (Å²) in [5, 5.41) is 4.14. The van der Waals surface area contributed by atoms with Gasteiger partial charge >= 0.3 is 5.97 Å². The summed E-state index contributed by atoms with van der Waals surface area (Å²) in [6, 6.07) is 1.38. The Morgan fingerprint density at radius 3 is 2.43 bits per heavy atom. The first-order valence-corrected chi connectivity index (χ1v) is 17.3. The van der Waals surface area contributed by atoms with Gasteiger partial charge in [-0.25, -0.2) is 0 Å². The van der Waals surface area contributed by atoms with Gasteiger partial charge in [-0.05, 0) is 110 Å². The summed E-state index contributed by atoms with van der Waals surface area (Å²) >= 11 is 0. The van der Waals surface area contributed by atoms with Gasteiger partial charge in [0.1, 0.15) is 11.3 Å². The van der Waals surface area contributed by atoms with Crippen molar-refractivity contribution in [2.24, 2.45) is 22.7 Å². The van der Waals surface area contributed by atoms with Crippen molar-refractivity contribution in [3.8, 4) is 0 Å². The predicted octanol–water partition coefficient (Wildman–Crippen LogP) is 5.80. The molecule has 0 spiro atoms. The number of nitrogens with zero attached hydrogens (tertiary/aromatic N) is 3. The fraction of sp³-hybridized carbons (Fsp3) is 0.800. The molecule has 1 amide bonds. The largest absolute Gasteiger partial charge is 0.465 e. The number of hydrogen-bond donors (Lipinski definition) is 1. The Hall–Kier alpha value is -1.99. The van der Waals surface area contributed by atoms with Gasteiger partial charge in [-0.2, -0.15) is 0 Å². The van der Waals surface area contributed by atoms with Crippen LogP contribution in [-0.2, 0) is 14.3 Å². The second-order valence-electron chi connectivity index (χ2n) is 14.4. The van der Waals surface area contributed by atoms with Gasteiger partial charge in [0.2, 0.25) is 0 Å². The molecule has 42 heavy (non-hydrogen) atoms. The van der Waals surface area contributed by atoms with Crippen molar-refractivity contribution in [3.63, 3.8) is 0 Å². The van der Waals surface area contributed by atoms with Gasteiger partial charge in [-0.1, -0.05) is 44.3 Å². The van der Waals surface area contributed by atoms with E-state index in [1.807, 2.05) is 25.9 Å². The summed E-state index contributed by atoms with van der Waals surface area (Å²) in [7, 11) is 3.96. The maximum absolute atomic E-state index is 14.5. The maximum Gasteiger partial charge on any atom is 0.326 e. The number of nitrogens with one attached hydrogen (secondary N) is 1. The number of amides is 1. The lowest BCUT2D eigenvalue weighted by atomic mass is 9.73. The van der Waals surface area contributed by atoms with Crippen LogP contribution >= 0.6 is 0 Å². The highest BCUT2D eigenvalue weighted by Gasteiger charge is 2.50. The standard InChI is InChI=1S/C35H54N4O3/c1-4-42-34(41)35(38(2)3)18-16-24(17-19-35)32-33(40)39(31-15-11-10-14-30(31)37-32)29-22-26-20-25(26)21-28(23-29)36-27-12-8-6-5-7-9-13-27/h10-11,15,24-30,36H,4-9,12-14,16-23H2,1-3H3/t24?,25?,26?,28-,29-,30?,35?/m0/s1. The average Bonchev–Trinajstić information content (AvgIpc) is 3.72. The molecular weight excluding hydrogens is 524 g/mol. The Labute approximate surface area is 253 Å². The predicted molar refractivity (Wildman–Crippen MR) is 167 cm³/mol. The van der Waals surface area contributed by atoms with E-state index in [0.29, 0.717) is 31.5 Å². The molecule has 232 valence electrons. The molecule has 0 saturated heterocycles. The first kappa shape index (κ1) is 30.1. The SMILES string of the molecule is CCOC(=O)C1(N(C)C)CCC(C2=NC3CC=CC=C3N([C@H]3CC4CC4C[C@H](NC4CCCCCCC4)C3)C2=O)CC1. The smallest absolute Gasteiger partial charge is 0.326 e. The fourth-order valence-electron chi connectivity index (χ4n) is 8.98. The van der Waals surface area contributed by atoms with Crippen LogP contribution in [0.25, 0.3) is 0 Å². The van der Waals surface area contributed by atoms with Gasteiger partial charge in [0.05, 0.1) is 12.6 Å². The Bertz CT molecular complexity index is 1080. The molecule has 6 aliphatic rings. The third-order valence-electron chi connectivity index (χ3n) is 11.6. The first-order chi connectivity index (χ1) is 20.4. The summed E-state index contributed by atoms with van der Waals surface area (Å²) in [6.45, 7) is 2.26. The van der Waals surface area contributed by atoms with Crippen LogP contribution in [0.4, 0.5) is 0 Å². The first-order valence-electron chi connectivity index (χ1n) is 17.3. The topological polar surface area (TPSA) is 74.2 Å². The zero-order valence-corrected chi connectivity index (χ0v) is 26.4. The van der Waals surface area contributed by atoms with Crippen LogP contribution in [0.3, 0.4) is 0 Å². The third-order valence-corrected chi connectivity index (χ3v) is 11.6. The molecule has 3 unspecified atom stereocenters. The molecule has 4 saturated carbocycles. The molecule has 7 heteroatoms. The van der Waals surface area contributed by atoms with Crippen molar-refractivity contribution in [2.45, 2.75) is 139 Å². The molecule has 0 aromatic carbocycles. The number of ether oxygens (including phenoxy) is 1. The summed E-state index contributed by atoms with van der Waals surface area (Å²) in [6.07, 6.45) is 24.5. The molecule has 4 fully saturated rings. The molecule has 0 radical (unpaired) electrons. The van der Waals surface area contributed by atoms with Crippen molar-refractivity contribution in [1.82, 2.24) is 15.1 Å². The van der Waals surface area contributed by atoms with E-state index in [0.717, 1.165) is 55.3 Å². The molecule has 5 atom stereocenters. The van der Waals surface area contributed by atoms with Crippen LogP contribution in [0.15, 0.2) is 28.9 Å². The lowest BCUT2D eigenvalue weighted by molar-refractivity contribution is -0.159. The minimum absolute atomic E-state index is 0.0311. The highest BCUT2D eigenvalue weighted by atomic mass is 16.5. The van der Waals surface area contributed by atoms with Gasteiger partial charge in [0.15, 0.2) is 0 Å². The Balaban J connectivity index is 1.21. The van der Waals surface area contributed by atoms with E-state index in [2.05, 4.69) is 28.4 Å². The van der Waals surface area contributed by atoms with Crippen LogP contribution in [0, 0.1) is 17.8 Å². The van der Waals surface area contributed by atoms with E-state index >= 15 is 0 Å². The van der Waals surface area contributed by atoms with Crippen LogP contribution < -0.4 is 5.32 Å². The van der Waals surface area contributed by atoms with Crippen molar-refractivity contribution in [2.75, 3.05) is 20.7 Å². The van der Waals surface area contributed by atoms with Crippen molar-refractivity contribution >= 4 is 17.6 Å². The van der Waals surface area contributed by atoms with Crippen LogP contribution in [-0.4, -0.2) is 77.8 Å². The molecule has 0 aromatic rings. The van der Waals surface area contributed by atoms with E-state index in [-0.39, 0.29) is 29.9 Å². The highest BCUT2D eigenvalue weighted by molar-refractivity contribution is 6.40. The number of carbonyl (C=O) groups is 2. The molecule has 0 bridgehead atoms. The highest BCUT2D eigenvalue weighted by Crippen LogP contribution is 2.50. The number of fused-ring (bicyclic) bond motifs is 2. The van der Waals surface area contributed by atoms with Crippen molar-refractivity contribution in [1.29, 1.82) is 0 Å². The second kappa shape index (κ2) is 12.9. The summed E-state index contributed by atoms with van der Waals surface area (Å²) in [5.74, 6) is 1.69. The van der Waals surface area contributed by atoms with Gasteiger partial charge < -0.3 is 15.0 Å². The lowest BCUT2D eigenvalue weighted by Gasteiger charge is -2.45. The fourth-order valence-corrected chi connectivity index (χ4v) is 8.98. The van der Waals surface area contributed by atoms with Crippen LogP contribution in [0.1, 0.15) is 110 Å². The molecular formula is C35H54N4O3. The van der Waals surface area contributed by atoms with Crippen LogP contribution in [0.2, 0.25) is 0 Å². The number of allylic oxidation sites excluding steroid dienone is 2. The molecule has 5 aliphatic carbocycles. The Morgan fingerprint density at radius 1 is 1.00 bits per heavy atom.